The van der Waals surface area contributed by atoms with Crippen LogP contribution in [0.15, 0.2) is 53.7 Å². The standard InChI is InChI=1S/C18H19N3O2/c1-3-13-7-9-14(10-8-13)19-17(23)18(2)12-16(22)20-15-6-4-5-11-21(15)18/h4-11H,3,12H2,1-2H3,(H,19,23). The van der Waals surface area contributed by atoms with Crippen LogP contribution < -0.4 is 5.32 Å². The third-order valence-corrected chi connectivity index (χ3v) is 4.21. The molecule has 1 atom stereocenters. The second-order valence-electron chi connectivity index (χ2n) is 5.89. The monoisotopic (exact) mass is 309 g/mol. The maximum atomic E-state index is 12.8. The van der Waals surface area contributed by atoms with Gasteiger partial charge in [-0.05, 0) is 43.2 Å². The third-order valence-electron chi connectivity index (χ3n) is 4.21. The van der Waals surface area contributed by atoms with Crippen LogP contribution >= 0.6 is 0 Å². The highest BCUT2D eigenvalue weighted by Crippen LogP contribution is 2.29. The molecule has 0 aromatic heterocycles. The van der Waals surface area contributed by atoms with Crippen molar-refractivity contribution in [2.75, 3.05) is 5.32 Å². The molecular formula is C18H19N3O2. The summed E-state index contributed by atoms with van der Waals surface area (Å²) in [7, 11) is 0. The van der Waals surface area contributed by atoms with Gasteiger partial charge in [-0.2, -0.15) is 4.99 Å². The predicted molar refractivity (Wildman–Crippen MR) is 90.0 cm³/mol. The highest BCUT2D eigenvalue weighted by atomic mass is 16.2. The number of aliphatic imine (C=N–C) groups is 1. The summed E-state index contributed by atoms with van der Waals surface area (Å²) in [6.45, 7) is 3.85. The molecule has 0 fully saturated rings. The molecule has 1 aromatic carbocycles. The maximum absolute atomic E-state index is 12.8. The lowest BCUT2D eigenvalue weighted by atomic mass is 9.91. The molecule has 118 valence electrons. The van der Waals surface area contributed by atoms with E-state index < -0.39 is 5.54 Å². The molecule has 5 heteroatoms. The number of carbonyl (C=O) groups excluding carboxylic acids is 2. The fourth-order valence-electron chi connectivity index (χ4n) is 2.77. The Balaban J connectivity index is 1.85. The molecule has 3 rings (SSSR count). The topological polar surface area (TPSA) is 61.8 Å². The molecule has 5 nitrogen and oxygen atoms in total. The van der Waals surface area contributed by atoms with Crippen LogP contribution in [0.25, 0.3) is 0 Å². The van der Waals surface area contributed by atoms with E-state index in [-0.39, 0.29) is 18.2 Å². The van der Waals surface area contributed by atoms with Crippen molar-refractivity contribution in [1.29, 1.82) is 0 Å². The number of amidine groups is 1. The van der Waals surface area contributed by atoms with E-state index in [2.05, 4.69) is 17.2 Å². The fraction of sp³-hybridized carbons (Fsp3) is 0.278. The highest BCUT2D eigenvalue weighted by Gasteiger charge is 2.45. The van der Waals surface area contributed by atoms with E-state index in [1.165, 1.54) is 5.56 Å². The van der Waals surface area contributed by atoms with E-state index in [0.717, 1.165) is 12.1 Å². The molecule has 2 aliphatic rings. The smallest absolute Gasteiger partial charge is 0.250 e. The first-order valence-electron chi connectivity index (χ1n) is 7.69. The Labute approximate surface area is 135 Å². The van der Waals surface area contributed by atoms with E-state index >= 15 is 0 Å². The lowest BCUT2D eigenvalue weighted by Crippen LogP contribution is -2.58. The van der Waals surface area contributed by atoms with Gasteiger partial charge in [0.15, 0.2) is 0 Å². The zero-order valence-corrected chi connectivity index (χ0v) is 13.2. The van der Waals surface area contributed by atoms with Gasteiger partial charge in [0.2, 0.25) is 0 Å². The number of fused-ring (bicyclic) bond motifs is 1. The number of anilines is 1. The van der Waals surface area contributed by atoms with Gasteiger partial charge in [-0.15, -0.1) is 0 Å². The molecule has 2 aliphatic heterocycles. The highest BCUT2D eigenvalue weighted by molar-refractivity contribution is 6.11. The zero-order valence-electron chi connectivity index (χ0n) is 13.2. The minimum atomic E-state index is -0.987. The Morgan fingerprint density at radius 3 is 2.74 bits per heavy atom. The first-order chi connectivity index (χ1) is 11.0. The van der Waals surface area contributed by atoms with Gasteiger partial charge in [0.1, 0.15) is 11.4 Å². The summed E-state index contributed by atoms with van der Waals surface area (Å²) in [6, 6.07) is 7.73. The van der Waals surface area contributed by atoms with Crippen molar-refractivity contribution in [3.8, 4) is 0 Å². The lowest BCUT2D eigenvalue weighted by molar-refractivity contribution is -0.130. The molecule has 0 spiro atoms. The summed E-state index contributed by atoms with van der Waals surface area (Å²) >= 11 is 0. The minimum absolute atomic E-state index is 0.0492. The van der Waals surface area contributed by atoms with E-state index in [1.54, 1.807) is 30.2 Å². The molecule has 0 saturated heterocycles. The number of rotatable bonds is 3. The van der Waals surface area contributed by atoms with Crippen LogP contribution in [0.5, 0.6) is 0 Å². The van der Waals surface area contributed by atoms with Gasteiger partial charge >= 0.3 is 0 Å². The van der Waals surface area contributed by atoms with Crippen molar-refractivity contribution >= 4 is 23.3 Å². The van der Waals surface area contributed by atoms with Crippen molar-refractivity contribution in [3.05, 3.63) is 54.3 Å². The van der Waals surface area contributed by atoms with Crippen LogP contribution in [0, 0.1) is 0 Å². The van der Waals surface area contributed by atoms with Crippen molar-refractivity contribution in [1.82, 2.24) is 4.90 Å². The molecule has 1 N–H and O–H groups in total. The van der Waals surface area contributed by atoms with Gasteiger partial charge in [0.05, 0.1) is 6.42 Å². The van der Waals surface area contributed by atoms with Crippen LogP contribution in [0.4, 0.5) is 5.69 Å². The Morgan fingerprint density at radius 1 is 1.30 bits per heavy atom. The van der Waals surface area contributed by atoms with Gasteiger partial charge in [0, 0.05) is 11.9 Å². The zero-order chi connectivity index (χ0) is 16.4. The number of carbonyl (C=O) groups is 2. The first-order valence-corrected chi connectivity index (χ1v) is 7.69. The second kappa shape index (κ2) is 5.83. The van der Waals surface area contributed by atoms with Crippen LogP contribution in [-0.2, 0) is 16.0 Å². The number of hydrogen-bond donors (Lipinski definition) is 1. The Hall–Kier alpha value is -2.69. The summed E-state index contributed by atoms with van der Waals surface area (Å²) in [4.78, 5) is 30.5. The van der Waals surface area contributed by atoms with E-state index in [4.69, 9.17) is 0 Å². The summed E-state index contributed by atoms with van der Waals surface area (Å²) in [6.07, 6.45) is 8.15. The second-order valence-corrected chi connectivity index (χ2v) is 5.89. The predicted octanol–water partition coefficient (Wildman–Crippen LogP) is 2.66. The maximum Gasteiger partial charge on any atom is 0.250 e. The third kappa shape index (κ3) is 2.82. The number of hydrogen-bond acceptors (Lipinski definition) is 3. The quantitative estimate of drug-likeness (QED) is 0.933. The van der Waals surface area contributed by atoms with Crippen molar-refractivity contribution in [3.63, 3.8) is 0 Å². The van der Waals surface area contributed by atoms with Gasteiger partial charge in [-0.1, -0.05) is 25.1 Å². The van der Waals surface area contributed by atoms with Crippen LogP contribution in [-0.4, -0.2) is 28.1 Å². The lowest BCUT2D eigenvalue weighted by Gasteiger charge is -2.41. The number of amides is 2. The Bertz CT molecular complexity index is 731. The average Bonchev–Trinajstić information content (AvgIpc) is 2.55. The van der Waals surface area contributed by atoms with Crippen molar-refractivity contribution < 1.29 is 9.59 Å². The summed E-state index contributed by atoms with van der Waals surface area (Å²) in [5.74, 6) is 0.000334. The van der Waals surface area contributed by atoms with Crippen LogP contribution in [0.2, 0.25) is 0 Å². The molecule has 0 saturated carbocycles. The van der Waals surface area contributed by atoms with E-state index in [9.17, 15) is 9.59 Å². The molecule has 2 amide bonds. The molecule has 1 unspecified atom stereocenters. The Morgan fingerprint density at radius 2 is 2.04 bits per heavy atom. The van der Waals surface area contributed by atoms with Gasteiger partial charge in [-0.25, -0.2) is 0 Å². The number of benzene rings is 1. The average molecular weight is 309 g/mol. The first kappa shape index (κ1) is 15.2. The molecule has 23 heavy (non-hydrogen) atoms. The normalized spacial score (nSPS) is 22.6. The van der Waals surface area contributed by atoms with E-state index in [1.807, 2.05) is 30.3 Å². The Kier molecular flexibility index (Phi) is 3.86. The molecule has 0 radical (unpaired) electrons. The number of aryl methyl sites for hydroxylation is 1. The molecule has 0 aliphatic carbocycles. The van der Waals surface area contributed by atoms with Gasteiger partial charge < -0.3 is 10.2 Å². The minimum Gasteiger partial charge on any atom is -0.324 e. The number of allylic oxidation sites excluding steroid dienone is 2. The molecular weight excluding hydrogens is 290 g/mol. The van der Waals surface area contributed by atoms with Gasteiger partial charge in [-0.3, -0.25) is 9.59 Å². The summed E-state index contributed by atoms with van der Waals surface area (Å²) in [5.41, 5.74) is 0.945. The van der Waals surface area contributed by atoms with Crippen molar-refractivity contribution in [2.45, 2.75) is 32.2 Å². The molecule has 1 aromatic rings. The summed E-state index contributed by atoms with van der Waals surface area (Å²) < 4.78 is 0. The summed E-state index contributed by atoms with van der Waals surface area (Å²) in [5, 5.41) is 2.91. The number of nitrogens with one attached hydrogen (secondary N) is 1. The molecule has 2 heterocycles. The SMILES string of the molecule is CCc1ccc(NC(=O)C2(C)CC(=O)N=C3C=CC=CN32)cc1. The van der Waals surface area contributed by atoms with Crippen molar-refractivity contribution in [2.24, 2.45) is 4.99 Å². The van der Waals surface area contributed by atoms with Crippen LogP contribution in [0.1, 0.15) is 25.8 Å². The number of nitrogens with zero attached hydrogens (tertiary/aromatic N) is 2. The fourth-order valence-corrected chi connectivity index (χ4v) is 2.77. The van der Waals surface area contributed by atoms with Gasteiger partial charge in [0.25, 0.3) is 11.8 Å². The largest absolute Gasteiger partial charge is 0.324 e. The van der Waals surface area contributed by atoms with E-state index in [0.29, 0.717) is 5.84 Å². The van der Waals surface area contributed by atoms with Crippen LogP contribution in [0.3, 0.4) is 0 Å². The molecule has 0 bridgehead atoms.